The first-order chi connectivity index (χ1) is 14.9. The molecule has 2 heterocycles. The van der Waals surface area contributed by atoms with Crippen molar-refractivity contribution in [2.45, 2.75) is 31.1 Å². The maximum atomic E-state index is 13.1. The first kappa shape index (κ1) is 21.2. The SMILES string of the molecule is Cc1[nH]n(-c2ccc(F)cc2)c(=O)c1C=Nc1ccc(S(=O)(=O)N2CCCCC2)cc1. The molecule has 0 unspecified atom stereocenters. The fourth-order valence-electron chi connectivity index (χ4n) is 3.58. The van der Waals surface area contributed by atoms with Crippen molar-refractivity contribution in [1.82, 2.24) is 14.1 Å². The molecule has 0 atom stereocenters. The van der Waals surface area contributed by atoms with Crippen molar-refractivity contribution < 1.29 is 12.8 Å². The summed E-state index contributed by atoms with van der Waals surface area (Å²) in [4.78, 5) is 17.3. The minimum Gasteiger partial charge on any atom is -0.295 e. The number of aliphatic imine (C=N–C) groups is 1. The molecular formula is C22H23FN4O3S. The molecule has 1 fully saturated rings. The van der Waals surface area contributed by atoms with Gasteiger partial charge in [-0.2, -0.15) is 4.31 Å². The lowest BCUT2D eigenvalue weighted by Crippen LogP contribution is -2.35. The molecule has 2 aromatic carbocycles. The van der Waals surface area contributed by atoms with Crippen LogP contribution in [0.2, 0.25) is 0 Å². The van der Waals surface area contributed by atoms with E-state index < -0.39 is 10.0 Å². The number of nitrogens with one attached hydrogen (secondary N) is 1. The van der Waals surface area contributed by atoms with Gasteiger partial charge in [-0.25, -0.2) is 17.5 Å². The maximum Gasteiger partial charge on any atom is 0.280 e. The van der Waals surface area contributed by atoms with Crippen molar-refractivity contribution in [2.24, 2.45) is 4.99 Å². The molecule has 1 saturated heterocycles. The molecule has 1 aliphatic rings. The minimum atomic E-state index is -3.49. The number of aromatic nitrogens is 2. The summed E-state index contributed by atoms with van der Waals surface area (Å²) in [5.41, 5.74) is 1.72. The number of aryl methyl sites for hydroxylation is 1. The summed E-state index contributed by atoms with van der Waals surface area (Å²) in [5.74, 6) is -0.382. The molecular weight excluding hydrogens is 419 g/mol. The molecule has 1 aromatic heterocycles. The molecule has 31 heavy (non-hydrogen) atoms. The third kappa shape index (κ3) is 4.38. The van der Waals surface area contributed by atoms with Crippen LogP contribution >= 0.6 is 0 Å². The Morgan fingerprint density at radius 1 is 1.00 bits per heavy atom. The van der Waals surface area contributed by atoms with Crippen molar-refractivity contribution in [3.8, 4) is 5.69 Å². The van der Waals surface area contributed by atoms with Gasteiger partial charge in [0.15, 0.2) is 0 Å². The summed E-state index contributed by atoms with van der Waals surface area (Å²) in [7, 11) is -3.49. The number of hydrogen-bond acceptors (Lipinski definition) is 4. The summed E-state index contributed by atoms with van der Waals surface area (Å²) in [6.07, 6.45) is 4.27. The Kier molecular flexibility index (Phi) is 5.88. The number of piperidine rings is 1. The highest BCUT2D eigenvalue weighted by Gasteiger charge is 2.25. The third-order valence-electron chi connectivity index (χ3n) is 5.33. The minimum absolute atomic E-state index is 0.241. The first-order valence-electron chi connectivity index (χ1n) is 10.1. The highest BCUT2D eigenvalue weighted by Crippen LogP contribution is 2.23. The summed E-state index contributed by atoms with van der Waals surface area (Å²) >= 11 is 0. The van der Waals surface area contributed by atoms with Crippen LogP contribution in [0.5, 0.6) is 0 Å². The Morgan fingerprint density at radius 3 is 2.29 bits per heavy atom. The van der Waals surface area contributed by atoms with Crippen LogP contribution in [0.4, 0.5) is 10.1 Å². The van der Waals surface area contributed by atoms with Gasteiger partial charge >= 0.3 is 0 Å². The number of sulfonamides is 1. The second kappa shape index (κ2) is 8.60. The van der Waals surface area contributed by atoms with Crippen LogP contribution in [-0.4, -0.2) is 41.8 Å². The molecule has 0 saturated carbocycles. The van der Waals surface area contributed by atoms with Crippen molar-refractivity contribution in [3.05, 3.63) is 76.0 Å². The smallest absolute Gasteiger partial charge is 0.280 e. The Hall–Kier alpha value is -3.04. The van der Waals surface area contributed by atoms with Gasteiger partial charge in [0.1, 0.15) is 5.82 Å². The normalized spacial score (nSPS) is 15.5. The lowest BCUT2D eigenvalue weighted by atomic mass is 10.2. The summed E-state index contributed by atoms with van der Waals surface area (Å²) < 4.78 is 41.5. The summed E-state index contributed by atoms with van der Waals surface area (Å²) in [6, 6.07) is 11.9. The molecule has 0 radical (unpaired) electrons. The van der Waals surface area contributed by atoms with Gasteiger partial charge < -0.3 is 0 Å². The van der Waals surface area contributed by atoms with Gasteiger partial charge in [-0.15, -0.1) is 0 Å². The number of benzene rings is 2. The van der Waals surface area contributed by atoms with E-state index in [4.69, 9.17) is 0 Å². The molecule has 1 N–H and O–H groups in total. The fourth-order valence-corrected chi connectivity index (χ4v) is 5.10. The van der Waals surface area contributed by atoms with Crippen LogP contribution in [-0.2, 0) is 10.0 Å². The van der Waals surface area contributed by atoms with Gasteiger partial charge in [-0.1, -0.05) is 6.42 Å². The van der Waals surface area contributed by atoms with Gasteiger partial charge in [-0.05, 0) is 68.3 Å². The molecule has 4 rings (SSSR count). The zero-order valence-electron chi connectivity index (χ0n) is 17.1. The molecule has 0 aliphatic carbocycles. The fraction of sp³-hybridized carbons (Fsp3) is 0.273. The van der Waals surface area contributed by atoms with Crippen LogP contribution in [0.25, 0.3) is 5.69 Å². The van der Waals surface area contributed by atoms with E-state index in [9.17, 15) is 17.6 Å². The Morgan fingerprint density at radius 2 is 1.65 bits per heavy atom. The molecule has 162 valence electrons. The van der Waals surface area contributed by atoms with E-state index in [-0.39, 0.29) is 16.3 Å². The maximum absolute atomic E-state index is 13.1. The zero-order valence-corrected chi connectivity index (χ0v) is 17.9. The van der Waals surface area contributed by atoms with Crippen molar-refractivity contribution in [2.75, 3.05) is 13.1 Å². The Bertz CT molecular complexity index is 1250. The van der Waals surface area contributed by atoms with E-state index in [0.717, 1.165) is 19.3 Å². The van der Waals surface area contributed by atoms with Crippen LogP contribution < -0.4 is 5.56 Å². The number of rotatable bonds is 5. The van der Waals surface area contributed by atoms with Crippen LogP contribution in [0, 0.1) is 12.7 Å². The third-order valence-corrected chi connectivity index (χ3v) is 7.25. The standard InChI is InChI=1S/C22H23FN4O3S/c1-16-21(22(28)27(25-16)19-9-5-17(23)6-10-19)15-24-18-7-11-20(12-8-18)31(29,30)26-13-3-2-4-14-26/h5-12,15,25H,2-4,13-14H2,1H3. The van der Waals surface area contributed by atoms with Crippen LogP contribution in [0.1, 0.15) is 30.5 Å². The van der Waals surface area contributed by atoms with Gasteiger partial charge in [0.05, 0.1) is 21.8 Å². The average Bonchev–Trinajstić information content (AvgIpc) is 3.07. The molecule has 1 aliphatic heterocycles. The average molecular weight is 443 g/mol. The number of hydrogen-bond donors (Lipinski definition) is 1. The molecule has 9 heteroatoms. The van der Waals surface area contributed by atoms with Gasteiger partial charge in [0.2, 0.25) is 10.0 Å². The lowest BCUT2D eigenvalue weighted by molar-refractivity contribution is 0.346. The van der Waals surface area contributed by atoms with Crippen LogP contribution in [0.15, 0.2) is 63.2 Å². The Balaban J connectivity index is 1.55. The van der Waals surface area contributed by atoms with Crippen LogP contribution in [0.3, 0.4) is 0 Å². The lowest BCUT2D eigenvalue weighted by Gasteiger charge is -2.25. The monoisotopic (exact) mass is 442 g/mol. The highest BCUT2D eigenvalue weighted by atomic mass is 32.2. The topological polar surface area (TPSA) is 87.5 Å². The molecule has 0 spiro atoms. The number of halogens is 1. The van der Waals surface area contributed by atoms with Crippen molar-refractivity contribution in [3.63, 3.8) is 0 Å². The molecule has 0 bridgehead atoms. The first-order valence-corrected chi connectivity index (χ1v) is 11.5. The van der Waals surface area contributed by atoms with Gasteiger partial charge in [0.25, 0.3) is 5.56 Å². The number of nitrogens with zero attached hydrogens (tertiary/aromatic N) is 3. The predicted octanol–water partition coefficient (Wildman–Crippen LogP) is 3.54. The van der Waals surface area contributed by atoms with E-state index in [0.29, 0.717) is 35.7 Å². The summed E-state index contributed by atoms with van der Waals surface area (Å²) in [6.45, 7) is 2.85. The van der Waals surface area contributed by atoms with Gasteiger partial charge in [-0.3, -0.25) is 14.9 Å². The van der Waals surface area contributed by atoms with E-state index in [1.165, 1.54) is 51.6 Å². The van der Waals surface area contributed by atoms with Gasteiger partial charge in [0, 0.05) is 25.0 Å². The van der Waals surface area contributed by atoms with Crippen molar-refractivity contribution >= 4 is 21.9 Å². The van der Waals surface area contributed by atoms with E-state index in [1.54, 1.807) is 19.1 Å². The predicted molar refractivity (Wildman–Crippen MR) is 117 cm³/mol. The van der Waals surface area contributed by atoms with E-state index >= 15 is 0 Å². The largest absolute Gasteiger partial charge is 0.295 e. The second-order valence-electron chi connectivity index (χ2n) is 7.48. The Labute approximate surface area is 179 Å². The highest BCUT2D eigenvalue weighted by molar-refractivity contribution is 7.89. The van der Waals surface area contributed by atoms with E-state index in [1.807, 2.05) is 0 Å². The zero-order chi connectivity index (χ0) is 22.0. The summed E-state index contributed by atoms with van der Waals surface area (Å²) in [5, 5.41) is 2.96. The molecule has 7 nitrogen and oxygen atoms in total. The van der Waals surface area contributed by atoms with E-state index in [2.05, 4.69) is 10.1 Å². The van der Waals surface area contributed by atoms with Crippen molar-refractivity contribution in [1.29, 1.82) is 0 Å². The molecule has 3 aromatic rings. The second-order valence-corrected chi connectivity index (χ2v) is 9.42. The molecule has 0 amide bonds. The number of H-pyrrole nitrogens is 1. The quantitative estimate of drug-likeness (QED) is 0.613. The number of aromatic amines is 1.